The van der Waals surface area contributed by atoms with Crippen LogP contribution < -0.4 is 11.1 Å². The fourth-order valence-corrected chi connectivity index (χ4v) is 3.25. The van der Waals surface area contributed by atoms with Crippen molar-refractivity contribution in [2.24, 2.45) is 22.6 Å². The van der Waals surface area contributed by atoms with E-state index in [-0.39, 0.29) is 5.82 Å². The van der Waals surface area contributed by atoms with E-state index in [9.17, 15) is 4.39 Å². The Morgan fingerprint density at radius 2 is 1.89 bits per heavy atom. The summed E-state index contributed by atoms with van der Waals surface area (Å²) in [5.41, 5.74) is 6.34. The zero-order valence-electron chi connectivity index (χ0n) is 17.8. The van der Waals surface area contributed by atoms with Crippen molar-refractivity contribution in [1.82, 2.24) is 5.32 Å². The van der Waals surface area contributed by atoms with Crippen molar-refractivity contribution < 1.29 is 14.0 Å². The van der Waals surface area contributed by atoms with Gasteiger partial charge in [0.05, 0.1) is 5.84 Å². The Hall–Kier alpha value is -2.08. The molecule has 160 valence electrons. The van der Waals surface area contributed by atoms with Gasteiger partial charge in [0.1, 0.15) is 19.4 Å². The Kier molecular flexibility index (Phi) is 19.8. The first-order valence-electron chi connectivity index (χ1n) is 9.76. The van der Waals surface area contributed by atoms with Gasteiger partial charge in [-0.1, -0.05) is 38.3 Å². The van der Waals surface area contributed by atoms with Gasteiger partial charge in [-0.15, -0.1) is 0 Å². The van der Waals surface area contributed by atoms with Crippen LogP contribution in [0.4, 0.5) is 4.39 Å². The van der Waals surface area contributed by atoms with E-state index in [4.69, 9.17) is 15.3 Å². The maximum atomic E-state index is 12.6. The summed E-state index contributed by atoms with van der Waals surface area (Å²) in [5, 5.41) is 3.17. The summed E-state index contributed by atoms with van der Waals surface area (Å²) in [5.74, 6) is 2.75. The molecule has 28 heavy (non-hydrogen) atoms. The van der Waals surface area contributed by atoms with Gasteiger partial charge in [-0.3, -0.25) is 4.99 Å². The molecule has 0 amide bonds. The highest BCUT2D eigenvalue weighted by atomic mass is 19.1. The zero-order valence-corrected chi connectivity index (χ0v) is 17.8. The van der Waals surface area contributed by atoms with E-state index in [1.54, 1.807) is 12.1 Å². The minimum Gasteiger partial charge on any atom is -0.377 e. The topological polar surface area (TPSA) is 84.5 Å². The lowest BCUT2D eigenvalue weighted by atomic mass is 9.78. The molecule has 3 N–H and O–H groups in total. The number of aliphatic imine (C=N–C) groups is 1. The van der Waals surface area contributed by atoms with Crippen LogP contribution in [0.5, 0.6) is 0 Å². The number of rotatable bonds is 5. The molecule has 2 atom stereocenters. The molecule has 0 aromatic heterocycles. The normalized spacial score (nSPS) is 18.2. The average molecular weight is 396 g/mol. The molecule has 6 heteroatoms. The lowest BCUT2D eigenvalue weighted by Crippen LogP contribution is -2.26. The average Bonchev–Trinajstić information content (AvgIpc) is 2.75. The third-order valence-corrected chi connectivity index (χ3v) is 4.86. The summed E-state index contributed by atoms with van der Waals surface area (Å²) >= 11 is 0. The van der Waals surface area contributed by atoms with Crippen molar-refractivity contribution in [3.8, 4) is 0 Å². The molecule has 1 aromatic rings. The molecule has 0 bridgehead atoms. The Labute approximate surface area is 170 Å². The molecule has 0 heterocycles. The second kappa shape index (κ2) is 19.7. The third-order valence-electron chi connectivity index (χ3n) is 4.86. The van der Waals surface area contributed by atoms with Crippen molar-refractivity contribution in [3.05, 3.63) is 35.6 Å². The molecule has 0 aliphatic heterocycles. The fraction of sp³-hybridized carbons (Fsp3) is 0.591. The van der Waals surface area contributed by atoms with Crippen LogP contribution in [0.3, 0.4) is 0 Å². The Bertz CT molecular complexity index is 524. The van der Waals surface area contributed by atoms with Crippen LogP contribution in [-0.2, 0) is 16.0 Å². The Morgan fingerprint density at radius 3 is 2.39 bits per heavy atom. The minimum absolute atomic E-state index is 0.167. The van der Waals surface area contributed by atoms with E-state index in [1.165, 1.54) is 37.6 Å². The summed E-state index contributed by atoms with van der Waals surface area (Å²) < 4.78 is 12.6. The highest BCUT2D eigenvalue weighted by Crippen LogP contribution is 2.31. The van der Waals surface area contributed by atoms with Crippen molar-refractivity contribution >= 4 is 19.4 Å². The third kappa shape index (κ3) is 13.1. The highest BCUT2D eigenvalue weighted by molar-refractivity contribution is 5.81. The first kappa shape index (κ1) is 28.1. The van der Waals surface area contributed by atoms with Gasteiger partial charge >= 0.3 is 0 Å². The molecule has 2 rings (SSSR count). The van der Waals surface area contributed by atoms with Crippen molar-refractivity contribution in [2.45, 2.75) is 51.9 Å². The summed E-state index contributed by atoms with van der Waals surface area (Å²) in [7, 11) is 3.84. The van der Waals surface area contributed by atoms with Crippen molar-refractivity contribution in [2.75, 3.05) is 20.6 Å². The Balaban J connectivity index is 0. The second-order valence-corrected chi connectivity index (χ2v) is 6.67. The largest absolute Gasteiger partial charge is 0.377 e. The summed E-state index contributed by atoms with van der Waals surface area (Å²) in [6, 6.07) is 6.64. The maximum absolute atomic E-state index is 12.6. The number of amidine groups is 1. The van der Waals surface area contributed by atoms with Crippen molar-refractivity contribution in [3.63, 3.8) is 0 Å². The molecular weight excluding hydrogens is 357 g/mol. The first-order chi connectivity index (χ1) is 13.6. The first-order valence-corrected chi connectivity index (χ1v) is 9.76. The van der Waals surface area contributed by atoms with Gasteiger partial charge in [0.25, 0.3) is 0 Å². The fourth-order valence-electron chi connectivity index (χ4n) is 3.25. The monoisotopic (exact) mass is 395 g/mol. The molecule has 0 saturated heterocycles. The number of hydrogen-bond donors (Lipinski definition) is 2. The molecule has 1 aliphatic carbocycles. The highest BCUT2D eigenvalue weighted by Gasteiger charge is 2.22. The van der Waals surface area contributed by atoms with Crippen LogP contribution in [0.15, 0.2) is 29.3 Å². The number of carbonyl (C=O) groups is 2. The molecule has 5 nitrogen and oxygen atoms in total. The summed E-state index contributed by atoms with van der Waals surface area (Å²) in [6.07, 6.45) is 8.57. The van der Waals surface area contributed by atoms with E-state index < -0.39 is 0 Å². The molecule has 1 aromatic carbocycles. The maximum Gasteiger partial charge on any atom is 0.123 e. The van der Waals surface area contributed by atoms with Crippen LogP contribution in [-0.4, -0.2) is 40.1 Å². The number of carbonyl (C=O) groups excluding carboxylic acids is 2. The molecule has 1 aliphatic rings. The molecule has 0 spiro atoms. The van der Waals surface area contributed by atoms with Gasteiger partial charge in [0.2, 0.25) is 0 Å². The van der Waals surface area contributed by atoms with E-state index in [2.05, 4.69) is 17.2 Å². The second-order valence-electron chi connectivity index (χ2n) is 6.67. The van der Waals surface area contributed by atoms with Crippen LogP contribution in [0.1, 0.15) is 51.0 Å². The standard InChI is InChI=1S/C11H22N2.C9H12FN.2CH2O/c1-9-6-4-5-7-10(9)8-11(12-2)13-3;10-9-5-1-3-8(7-9)4-2-6-11;2*1-2/h9-10H,4-8H2,1-3H3,(H,12,13);1,3,5,7H,2,4,6,11H2;2*1H2. The van der Waals surface area contributed by atoms with Crippen LogP contribution in [0.25, 0.3) is 0 Å². The predicted octanol–water partition coefficient (Wildman–Crippen LogP) is 3.80. The summed E-state index contributed by atoms with van der Waals surface area (Å²) in [6.45, 7) is 7.04. The van der Waals surface area contributed by atoms with E-state index >= 15 is 0 Å². The predicted molar refractivity (Wildman–Crippen MR) is 116 cm³/mol. The lowest BCUT2D eigenvalue weighted by molar-refractivity contribution is -0.0987. The van der Waals surface area contributed by atoms with Crippen LogP contribution >= 0.6 is 0 Å². The number of hydrogen-bond acceptors (Lipinski definition) is 4. The van der Waals surface area contributed by atoms with Gasteiger partial charge in [0.15, 0.2) is 0 Å². The van der Waals surface area contributed by atoms with E-state index in [0.717, 1.165) is 36.7 Å². The Morgan fingerprint density at radius 1 is 1.25 bits per heavy atom. The number of aryl methyl sites for hydroxylation is 1. The lowest BCUT2D eigenvalue weighted by Gasteiger charge is -2.28. The molecule has 1 fully saturated rings. The molecular formula is C22H38FN3O2. The van der Waals surface area contributed by atoms with Gasteiger partial charge in [-0.25, -0.2) is 4.39 Å². The smallest absolute Gasteiger partial charge is 0.123 e. The van der Waals surface area contributed by atoms with Crippen molar-refractivity contribution in [1.29, 1.82) is 0 Å². The summed E-state index contributed by atoms with van der Waals surface area (Å²) in [4.78, 5) is 20.2. The van der Waals surface area contributed by atoms with Gasteiger partial charge in [-0.2, -0.15) is 0 Å². The zero-order chi connectivity index (χ0) is 21.8. The van der Waals surface area contributed by atoms with Gasteiger partial charge in [-0.05, 0) is 55.3 Å². The number of halogens is 1. The minimum atomic E-state index is -0.167. The van der Waals surface area contributed by atoms with Gasteiger partial charge < -0.3 is 20.6 Å². The molecule has 1 saturated carbocycles. The molecule has 2 unspecified atom stereocenters. The number of benzene rings is 1. The quantitative estimate of drug-likeness (QED) is 0.587. The number of nitrogens with one attached hydrogen (secondary N) is 1. The van der Waals surface area contributed by atoms with Crippen LogP contribution in [0.2, 0.25) is 0 Å². The molecule has 0 radical (unpaired) electrons. The number of nitrogens with two attached hydrogens (primary N) is 1. The number of nitrogens with zero attached hydrogens (tertiary/aromatic N) is 1. The van der Waals surface area contributed by atoms with E-state index in [1.807, 2.05) is 33.7 Å². The van der Waals surface area contributed by atoms with Gasteiger partial charge in [0, 0.05) is 20.5 Å². The van der Waals surface area contributed by atoms with Crippen LogP contribution in [0, 0.1) is 17.7 Å². The van der Waals surface area contributed by atoms with E-state index in [0.29, 0.717) is 6.54 Å². The SMILES string of the molecule is C=O.C=O.CN=C(CC1CCCCC1C)NC.NCCCc1cccc(F)c1.